The molecule has 1 heterocycles. The Balaban J connectivity index is 2.64. The molecule has 2 atom stereocenters. The molecule has 0 radical (unpaired) electrons. The van der Waals surface area contributed by atoms with Crippen molar-refractivity contribution in [2.45, 2.75) is 23.0 Å². The zero-order valence-electron chi connectivity index (χ0n) is 7.83. The summed E-state index contributed by atoms with van der Waals surface area (Å²) in [5, 5.41) is 0. The molecule has 13 heavy (non-hydrogen) atoms. The van der Waals surface area contributed by atoms with Crippen molar-refractivity contribution in [1.29, 1.82) is 0 Å². The van der Waals surface area contributed by atoms with Crippen LogP contribution < -0.4 is 0 Å². The maximum absolute atomic E-state index is 11.3. The molecule has 0 unspecified atom stereocenters. The smallest absolute Gasteiger partial charge is 0.411 e. The highest BCUT2D eigenvalue weighted by Gasteiger charge is 2.33. The molecule has 0 bridgehead atoms. The number of likely N-dealkylation sites (tertiary alicyclic amines) is 1. The Morgan fingerprint density at radius 2 is 2.23 bits per heavy atom. The van der Waals surface area contributed by atoms with Crippen LogP contribution in [0.1, 0.15) is 12.8 Å². The standard InChI is InChI=1S/C8H14INO3/c1-12-7-6(9)4-3-5-10(7)8(11)13-2/h6-7H,3-5H2,1-2H3/t6-,7+/m1/s1. The Morgan fingerprint density at radius 3 is 2.77 bits per heavy atom. The second kappa shape index (κ2) is 4.99. The van der Waals surface area contributed by atoms with Gasteiger partial charge in [-0.15, -0.1) is 0 Å². The Labute approximate surface area is 91.7 Å². The molecular formula is C8H14INO3. The molecule has 1 fully saturated rings. The van der Waals surface area contributed by atoms with Crippen LogP contribution in [0.5, 0.6) is 0 Å². The van der Waals surface area contributed by atoms with Crippen molar-refractivity contribution >= 4 is 28.7 Å². The molecule has 0 spiro atoms. The van der Waals surface area contributed by atoms with E-state index in [1.54, 1.807) is 12.0 Å². The van der Waals surface area contributed by atoms with Crippen LogP contribution in [0.15, 0.2) is 0 Å². The number of halogens is 1. The van der Waals surface area contributed by atoms with E-state index in [0.29, 0.717) is 3.92 Å². The number of nitrogens with zero attached hydrogens (tertiary/aromatic N) is 1. The molecule has 4 nitrogen and oxygen atoms in total. The van der Waals surface area contributed by atoms with E-state index in [0.717, 1.165) is 19.4 Å². The Kier molecular flexibility index (Phi) is 4.24. The number of carbonyl (C=O) groups is 1. The van der Waals surface area contributed by atoms with Gasteiger partial charge in [0.25, 0.3) is 0 Å². The van der Waals surface area contributed by atoms with Crippen LogP contribution in [0.25, 0.3) is 0 Å². The molecule has 0 aromatic heterocycles. The van der Waals surface area contributed by atoms with Gasteiger partial charge < -0.3 is 9.47 Å². The number of piperidine rings is 1. The fraction of sp³-hybridized carbons (Fsp3) is 0.875. The predicted octanol–water partition coefficient (Wildman–Crippen LogP) is 1.62. The summed E-state index contributed by atoms with van der Waals surface area (Å²) >= 11 is 2.31. The molecule has 1 saturated heterocycles. The number of carbonyl (C=O) groups excluding carboxylic acids is 1. The number of hydrogen-bond acceptors (Lipinski definition) is 3. The van der Waals surface area contributed by atoms with Gasteiger partial charge in [0.1, 0.15) is 6.23 Å². The number of ether oxygens (including phenoxy) is 2. The minimum absolute atomic E-state index is 0.137. The highest BCUT2D eigenvalue weighted by atomic mass is 127. The first-order chi connectivity index (χ1) is 6.20. The second-order valence-corrected chi connectivity index (χ2v) is 4.55. The summed E-state index contributed by atoms with van der Waals surface area (Å²) in [4.78, 5) is 12.9. The van der Waals surface area contributed by atoms with Crippen LogP contribution in [0.4, 0.5) is 4.79 Å². The summed E-state index contributed by atoms with van der Waals surface area (Å²) in [6.45, 7) is 0.727. The molecular weight excluding hydrogens is 285 g/mol. The fourth-order valence-corrected chi connectivity index (χ4v) is 2.63. The summed E-state index contributed by atoms with van der Waals surface area (Å²) in [6, 6.07) is 0. The molecule has 1 aliphatic rings. The average molecular weight is 299 g/mol. The van der Waals surface area contributed by atoms with Crippen LogP contribution in [0.2, 0.25) is 0 Å². The van der Waals surface area contributed by atoms with Crippen molar-refractivity contribution < 1.29 is 14.3 Å². The molecule has 0 aromatic carbocycles. The lowest BCUT2D eigenvalue weighted by Crippen LogP contribution is -2.49. The maximum atomic E-state index is 11.3. The molecule has 76 valence electrons. The predicted molar refractivity (Wildman–Crippen MR) is 57.0 cm³/mol. The van der Waals surface area contributed by atoms with E-state index in [1.165, 1.54) is 7.11 Å². The summed E-state index contributed by atoms with van der Waals surface area (Å²) in [6.07, 6.45) is 1.67. The molecule has 0 aromatic rings. The zero-order valence-corrected chi connectivity index (χ0v) is 9.98. The molecule has 0 saturated carbocycles. The zero-order chi connectivity index (χ0) is 9.84. The third-order valence-corrected chi connectivity index (χ3v) is 3.38. The van der Waals surface area contributed by atoms with E-state index in [9.17, 15) is 4.79 Å². The number of alkyl halides is 1. The molecule has 5 heteroatoms. The van der Waals surface area contributed by atoms with Crippen LogP contribution >= 0.6 is 22.6 Å². The van der Waals surface area contributed by atoms with Crippen LogP contribution in [-0.4, -0.2) is 41.9 Å². The van der Waals surface area contributed by atoms with Gasteiger partial charge in [-0.1, -0.05) is 22.6 Å². The number of amides is 1. The number of rotatable bonds is 1. The Hall–Kier alpha value is -0.0400. The Morgan fingerprint density at radius 1 is 1.54 bits per heavy atom. The topological polar surface area (TPSA) is 38.8 Å². The van der Waals surface area contributed by atoms with Crippen molar-refractivity contribution in [3.8, 4) is 0 Å². The summed E-state index contributed by atoms with van der Waals surface area (Å²) in [7, 11) is 3.02. The van der Waals surface area contributed by atoms with Gasteiger partial charge in [-0.05, 0) is 12.8 Å². The van der Waals surface area contributed by atoms with Gasteiger partial charge in [0, 0.05) is 13.7 Å². The highest BCUT2D eigenvalue weighted by Crippen LogP contribution is 2.25. The SMILES string of the molecule is COC(=O)N1CCC[C@@H](I)[C@@H]1OC. The monoisotopic (exact) mass is 299 g/mol. The summed E-state index contributed by atoms with van der Waals surface area (Å²) in [5.74, 6) is 0. The van der Waals surface area contributed by atoms with E-state index in [-0.39, 0.29) is 12.3 Å². The van der Waals surface area contributed by atoms with Gasteiger partial charge in [0.05, 0.1) is 11.0 Å². The van der Waals surface area contributed by atoms with Crippen molar-refractivity contribution in [3.05, 3.63) is 0 Å². The maximum Gasteiger partial charge on any atom is 0.411 e. The van der Waals surface area contributed by atoms with E-state index in [4.69, 9.17) is 4.74 Å². The third-order valence-electron chi connectivity index (χ3n) is 2.15. The van der Waals surface area contributed by atoms with Crippen molar-refractivity contribution in [3.63, 3.8) is 0 Å². The minimum atomic E-state index is -0.298. The normalized spacial score (nSPS) is 28.7. The first kappa shape index (κ1) is 11.0. The highest BCUT2D eigenvalue weighted by molar-refractivity contribution is 14.1. The first-order valence-corrected chi connectivity index (χ1v) is 5.46. The van der Waals surface area contributed by atoms with Gasteiger partial charge in [-0.25, -0.2) is 4.79 Å². The van der Waals surface area contributed by atoms with Gasteiger partial charge >= 0.3 is 6.09 Å². The van der Waals surface area contributed by atoms with E-state index < -0.39 is 0 Å². The lowest BCUT2D eigenvalue weighted by Gasteiger charge is -2.36. The second-order valence-electron chi connectivity index (χ2n) is 2.95. The number of hydrogen-bond donors (Lipinski definition) is 0. The van der Waals surface area contributed by atoms with Crippen LogP contribution in [0.3, 0.4) is 0 Å². The summed E-state index contributed by atoms with van der Waals surface area (Å²) < 4.78 is 10.3. The molecule has 0 N–H and O–H groups in total. The molecule has 0 aliphatic carbocycles. The third kappa shape index (κ3) is 2.46. The van der Waals surface area contributed by atoms with Crippen molar-refractivity contribution in [1.82, 2.24) is 4.90 Å². The van der Waals surface area contributed by atoms with Gasteiger partial charge in [-0.3, -0.25) is 4.90 Å². The van der Waals surface area contributed by atoms with Gasteiger partial charge in [-0.2, -0.15) is 0 Å². The first-order valence-electron chi connectivity index (χ1n) is 4.22. The Bertz CT molecular complexity index is 188. The largest absolute Gasteiger partial charge is 0.453 e. The molecule has 1 amide bonds. The van der Waals surface area contributed by atoms with Crippen LogP contribution in [0, 0.1) is 0 Å². The van der Waals surface area contributed by atoms with Gasteiger partial charge in [0.2, 0.25) is 0 Å². The summed E-state index contributed by atoms with van der Waals surface area (Å²) in [5.41, 5.74) is 0. The van der Waals surface area contributed by atoms with Gasteiger partial charge in [0.15, 0.2) is 0 Å². The van der Waals surface area contributed by atoms with Crippen molar-refractivity contribution in [2.24, 2.45) is 0 Å². The lowest BCUT2D eigenvalue weighted by atomic mass is 10.1. The lowest BCUT2D eigenvalue weighted by molar-refractivity contribution is -0.0379. The van der Waals surface area contributed by atoms with E-state index in [2.05, 4.69) is 27.3 Å². The minimum Gasteiger partial charge on any atom is -0.453 e. The average Bonchev–Trinajstić information content (AvgIpc) is 2.16. The van der Waals surface area contributed by atoms with Crippen LogP contribution in [-0.2, 0) is 9.47 Å². The fourth-order valence-electron chi connectivity index (χ4n) is 1.51. The number of methoxy groups -OCH3 is 2. The molecule has 1 rings (SSSR count). The van der Waals surface area contributed by atoms with E-state index >= 15 is 0 Å². The van der Waals surface area contributed by atoms with E-state index in [1.807, 2.05) is 0 Å². The van der Waals surface area contributed by atoms with Crippen molar-refractivity contribution in [2.75, 3.05) is 20.8 Å². The quantitative estimate of drug-likeness (QED) is 0.545. The molecule has 1 aliphatic heterocycles.